The number of para-hydroxylation sites is 1. The Kier molecular flexibility index (Phi) is 7.88. The third-order valence-electron chi connectivity index (χ3n) is 5.58. The van der Waals surface area contributed by atoms with Crippen molar-refractivity contribution in [3.8, 4) is 0 Å². The number of nitrogens with two attached hydrogens (primary N) is 1. The molecule has 1 saturated heterocycles. The van der Waals surface area contributed by atoms with Gasteiger partial charge >= 0.3 is 0 Å². The topological polar surface area (TPSA) is 90.1 Å². The molecule has 0 radical (unpaired) electrons. The Balaban J connectivity index is 2.35. The second-order valence-corrected chi connectivity index (χ2v) is 9.28. The minimum Gasteiger partial charge on any atom is -0.389 e. The number of piperazine rings is 1. The number of hydrogen-bond acceptors (Lipinski definition) is 5. The molecular formula is C23H38N4O3. The van der Waals surface area contributed by atoms with E-state index < -0.39 is 17.0 Å². The number of hydrogen-bond donors (Lipinski definition) is 2. The highest BCUT2D eigenvalue weighted by Gasteiger charge is 2.52. The first-order valence-corrected chi connectivity index (χ1v) is 10.9. The number of primary amides is 1. The van der Waals surface area contributed by atoms with E-state index in [0.717, 1.165) is 5.69 Å². The van der Waals surface area contributed by atoms with Crippen LogP contribution in [0.5, 0.6) is 0 Å². The van der Waals surface area contributed by atoms with E-state index in [9.17, 15) is 14.7 Å². The lowest BCUT2D eigenvalue weighted by Gasteiger charge is -2.46. The van der Waals surface area contributed by atoms with E-state index in [-0.39, 0.29) is 11.8 Å². The molecule has 1 fully saturated rings. The number of amides is 2. The van der Waals surface area contributed by atoms with Crippen molar-refractivity contribution in [2.45, 2.75) is 52.2 Å². The summed E-state index contributed by atoms with van der Waals surface area (Å²) in [5.41, 5.74) is 4.58. The van der Waals surface area contributed by atoms with Gasteiger partial charge in [-0.25, -0.2) is 0 Å². The number of anilines is 1. The predicted octanol–water partition coefficient (Wildman–Crippen LogP) is 1.70. The maximum atomic E-state index is 13.9. The zero-order valence-corrected chi connectivity index (χ0v) is 19.1. The standard InChI is InChI=1S/C23H38N4O3/c1-6-27(19-10-8-7-9-11-19)23(20(24)28,16-18(2)3)21(29)26-14-12-25(13-15-26)17-22(4,5)30/h7-11,18,30H,6,12-17H2,1-5H3,(H2,24,28)/t23-/m0/s1. The van der Waals surface area contributed by atoms with Crippen LogP contribution in [0.4, 0.5) is 5.69 Å². The normalized spacial score (nSPS) is 17.6. The van der Waals surface area contributed by atoms with Crippen molar-refractivity contribution in [2.75, 3.05) is 44.2 Å². The van der Waals surface area contributed by atoms with Crippen molar-refractivity contribution >= 4 is 17.5 Å². The van der Waals surface area contributed by atoms with Gasteiger partial charge in [0.05, 0.1) is 5.60 Å². The molecule has 1 atom stereocenters. The minimum atomic E-state index is -1.43. The Hall–Kier alpha value is -2.12. The van der Waals surface area contributed by atoms with Gasteiger partial charge in [-0.2, -0.15) is 0 Å². The summed E-state index contributed by atoms with van der Waals surface area (Å²) in [6, 6.07) is 9.54. The van der Waals surface area contributed by atoms with E-state index in [0.29, 0.717) is 45.7 Å². The van der Waals surface area contributed by atoms with Crippen LogP contribution < -0.4 is 10.6 Å². The van der Waals surface area contributed by atoms with Gasteiger partial charge in [0.15, 0.2) is 5.54 Å². The summed E-state index contributed by atoms with van der Waals surface area (Å²) in [5, 5.41) is 10.1. The molecule has 168 valence electrons. The van der Waals surface area contributed by atoms with Crippen molar-refractivity contribution in [1.29, 1.82) is 0 Å². The third-order valence-corrected chi connectivity index (χ3v) is 5.58. The zero-order valence-electron chi connectivity index (χ0n) is 19.1. The Bertz CT molecular complexity index is 709. The molecule has 30 heavy (non-hydrogen) atoms. The molecule has 1 aromatic carbocycles. The number of benzene rings is 1. The van der Waals surface area contributed by atoms with Crippen LogP contribution in [0.1, 0.15) is 41.0 Å². The molecule has 0 bridgehead atoms. The van der Waals surface area contributed by atoms with Crippen LogP contribution in [-0.2, 0) is 9.59 Å². The maximum absolute atomic E-state index is 13.9. The summed E-state index contributed by atoms with van der Waals surface area (Å²) < 4.78 is 0. The van der Waals surface area contributed by atoms with E-state index in [1.54, 1.807) is 18.7 Å². The Morgan fingerprint density at radius 1 is 1.13 bits per heavy atom. The fourth-order valence-electron chi connectivity index (χ4n) is 4.44. The number of carbonyl (C=O) groups is 2. The van der Waals surface area contributed by atoms with Crippen molar-refractivity contribution in [2.24, 2.45) is 11.7 Å². The van der Waals surface area contributed by atoms with Crippen LogP contribution in [0.25, 0.3) is 0 Å². The lowest BCUT2D eigenvalue weighted by atomic mass is 9.83. The number of aliphatic hydroxyl groups is 1. The average Bonchev–Trinajstić information content (AvgIpc) is 2.67. The highest BCUT2D eigenvalue weighted by Crippen LogP contribution is 2.32. The summed E-state index contributed by atoms with van der Waals surface area (Å²) in [4.78, 5) is 32.6. The Morgan fingerprint density at radius 2 is 1.70 bits per heavy atom. The second kappa shape index (κ2) is 9.79. The van der Waals surface area contributed by atoms with Crippen molar-refractivity contribution in [3.05, 3.63) is 30.3 Å². The summed E-state index contributed by atoms with van der Waals surface area (Å²) in [7, 11) is 0. The highest BCUT2D eigenvalue weighted by molar-refractivity contribution is 6.12. The lowest BCUT2D eigenvalue weighted by Crippen LogP contribution is -2.69. The summed E-state index contributed by atoms with van der Waals surface area (Å²) in [5.74, 6) is -0.723. The van der Waals surface area contributed by atoms with E-state index in [2.05, 4.69) is 4.90 Å². The molecule has 1 aliphatic heterocycles. The van der Waals surface area contributed by atoms with Gasteiger partial charge in [-0.3, -0.25) is 14.5 Å². The Labute approximate surface area is 180 Å². The summed E-state index contributed by atoms with van der Waals surface area (Å²) in [6.45, 7) is 12.9. The predicted molar refractivity (Wildman–Crippen MR) is 120 cm³/mol. The molecule has 0 saturated carbocycles. The number of β-amino-alcohol motifs (C(OH)–C–C–N with tert-alkyl or cyclic N) is 1. The molecular weight excluding hydrogens is 380 g/mol. The smallest absolute Gasteiger partial charge is 0.258 e. The maximum Gasteiger partial charge on any atom is 0.258 e. The van der Waals surface area contributed by atoms with E-state index >= 15 is 0 Å². The lowest BCUT2D eigenvalue weighted by molar-refractivity contribution is -0.145. The van der Waals surface area contributed by atoms with Crippen molar-refractivity contribution in [1.82, 2.24) is 9.80 Å². The summed E-state index contributed by atoms with van der Waals surface area (Å²) >= 11 is 0. The third kappa shape index (κ3) is 5.52. The molecule has 1 aliphatic rings. The molecule has 0 spiro atoms. The molecule has 0 aromatic heterocycles. The van der Waals surface area contributed by atoms with Gasteiger partial charge in [0.25, 0.3) is 11.8 Å². The fraction of sp³-hybridized carbons (Fsp3) is 0.652. The first-order chi connectivity index (χ1) is 14.0. The van der Waals surface area contributed by atoms with Gasteiger partial charge in [0.2, 0.25) is 0 Å². The van der Waals surface area contributed by atoms with Crippen LogP contribution in [0.3, 0.4) is 0 Å². The van der Waals surface area contributed by atoms with Gasteiger partial charge in [-0.15, -0.1) is 0 Å². The van der Waals surface area contributed by atoms with Gasteiger partial charge in [-0.1, -0.05) is 32.0 Å². The van der Waals surface area contributed by atoms with Gasteiger partial charge < -0.3 is 20.6 Å². The molecule has 7 nitrogen and oxygen atoms in total. The van der Waals surface area contributed by atoms with Crippen LogP contribution in [0.15, 0.2) is 30.3 Å². The molecule has 1 aromatic rings. The molecule has 3 N–H and O–H groups in total. The van der Waals surface area contributed by atoms with E-state index in [1.165, 1.54) is 0 Å². The average molecular weight is 419 g/mol. The summed E-state index contributed by atoms with van der Waals surface area (Å²) in [6.07, 6.45) is 0.355. The van der Waals surface area contributed by atoms with E-state index in [4.69, 9.17) is 5.73 Å². The van der Waals surface area contributed by atoms with Crippen LogP contribution in [-0.4, -0.2) is 77.1 Å². The highest BCUT2D eigenvalue weighted by atomic mass is 16.3. The minimum absolute atomic E-state index is 0.107. The first kappa shape index (κ1) is 24.2. The van der Waals surface area contributed by atoms with Gasteiger partial charge in [0.1, 0.15) is 0 Å². The van der Waals surface area contributed by atoms with E-state index in [1.807, 2.05) is 56.0 Å². The molecule has 2 rings (SSSR count). The van der Waals surface area contributed by atoms with Gasteiger partial charge in [0, 0.05) is 45.0 Å². The number of likely N-dealkylation sites (N-methyl/N-ethyl adjacent to an activating group) is 1. The second-order valence-electron chi connectivity index (χ2n) is 9.28. The molecule has 2 amide bonds. The van der Waals surface area contributed by atoms with Crippen LogP contribution in [0, 0.1) is 5.92 Å². The quantitative estimate of drug-likeness (QED) is 0.596. The fourth-order valence-corrected chi connectivity index (χ4v) is 4.44. The molecule has 0 unspecified atom stereocenters. The van der Waals surface area contributed by atoms with Crippen molar-refractivity contribution in [3.63, 3.8) is 0 Å². The number of nitrogens with zero attached hydrogens (tertiary/aromatic N) is 3. The van der Waals surface area contributed by atoms with Crippen LogP contribution in [0.2, 0.25) is 0 Å². The Morgan fingerprint density at radius 3 is 2.13 bits per heavy atom. The molecule has 7 heteroatoms. The first-order valence-electron chi connectivity index (χ1n) is 10.9. The monoisotopic (exact) mass is 418 g/mol. The zero-order chi connectivity index (χ0) is 22.5. The molecule has 0 aliphatic carbocycles. The number of rotatable bonds is 9. The van der Waals surface area contributed by atoms with Crippen molar-refractivity contribution < 1.29 is 14.7 Å². The van der Waals surface area contributed by atoms with Crippen LogP contribution >= 0.6 is 0 Å². The SMILES string of the molecule is CCN(c1ccccc1)[C@@](CC(C)C)(C(N)=O)C(=O)N1CCN(CC(C)(C)O)CC1. The number of carbonyl (C=O) groups excluding carboxylic acids is 2. The largest absolute Gasteiger partial charge is 0.389 e. The molecule has 1 heterocycles. The van der Waals surface area contributed by atoms with Gasteiger partial charge in [-0.05, 0) is 45.2 Å².